The van der Waals surface area contributed by atoms with Gasteiger partial charge in [-0.25, -0.2) is 4.98 Å². The third kappa shape index (κ3) is 1.84. The number of aromatic amines is 1. The molecule has 0 bridgehead atoms. The van der Waals surface area contributed by atoms with Crippen LogP contribution < -0.4 is 0 Å². The number of nitrogens with zero attached hydrogens (tertiary/aromatic N) is 1. The van der Waals surface area contributed by atoms with Crippen LogP contribution in [0.15, 0.2) is 31.0 Å². The molecule has 2 rings (SSSR count). The smallest absolute Gasteiger partial charge is 0.130 e. The van der Waals surface area contributed by atoms with E-state index in [1.54, 1.807) is 6.08 Å². The number of H-pyrrole nitrogens is 1. The van der Waals surface area contributed by atoms with E-state index in [1.165, 1.54) is 24.8 Å². The fourth-order valence-electron chi connectivity index (χ4n) is 1.66. The summed E-state index contributed by atoms with van der Waals surface area (Å²) in [7, 11) is 0. The standard InChI is InChI=1S/C12H14N2/c1-2-3-8-12-13-9-11(14-12)10-6-4-5-7-10/h2-3,6,8-9H,1,4-5,7H2,(H,13,14)/b8-3-. The van der Waals surface area contributed by atoms with Crippen LogP contribution >= 0.6 is 0 Å². The molecule has 0 radical (unpaired) electrons. The molecule has 1 aromatic rings. The van der Waals surface area contributed by atoms with Crippen LogP contribution in [-0.4, -0.2) is 9.97 Å². The Hall–Kier alpha value is -1.57. The van der Waals surface area contributed by atoms with Crippen LogP contribution in [0, 0.1) is 0 Å². The zero-order valence-corrected chi connectivity index (χ0v) is 8.16. The van der Waals surface area contributed by atoms with E-state index in [4.69, 9.17) is 0 Å². The quantitative estimate of drug-likeness (QED) is 0.721. The Kier molecular flexibility index (Phi) is 2.63. The normalized spacial score (nSPS) is 16.1. The van der Waals surface area contributed by atoms with Gasteiger partial charge in [-0.15, -0.1) is 0 Å². The molecule has 0 saturated carbocycles. The minimum atomic E-state index is 0.896. The van der Waals surface area contributed by atoms with Crippen LogP contribution in [0.25, 0.3) is 11.6 Å². The average Bonchev–Trinajstić information content (AvgIpc) is 2.85. The molecule has 0 saturated heterocycles. The molecular weight excluding hydrogens is 172 g/mol. The summed E-state index contributed by atoms with van der Waals surface area (Å²) in [5.41, 5.74) is 2.56. The molecule has 0 aromatic carbocycles. The van der Waals surface area contributed by atoms with Crippen molar-refractivity contribution in [3.05, 3.63) is 42.5 Å². The van der Waals surface area contributed by atoms with Crippen LogP contribution in [0.1, 0.15) is 30.8 Å². The second-order valence-electron chi connectivity index (χ2n) is 3.40. The summed E-state index contributed by atoms with van der Waals surface area (Å²) >= 11 is 0. The van der Waals surface area contributed by atoms with E-state index in [1.807, 2.05) is 18.3 Å². The van der Waals surface area contributed by atoms with Crippen molar-refractivity contribution in [3.8, 4) is 0 Å². The van der Waals surface area contributed by atoms with Gasteiger partial charge in [0.15, 0.2) is 0 Å². The van der Waals surface area contributed by atoms with Crippen molar-refractivity contribution in [2.24, 2.45) is 0 Å². The summed E-state index contributed by atoms with van der Waals surface area (Å²) in [5.74, 6) is 0.896. The number of imidazole rings is 1. The van der Waals surface area contributed by atoms with Crippen molar-refractivity contribution in [1.82, 2.24) is 9.97 Å². The monoisotopic (exact) mass is 186 g/mol. The van der Waals surface area contributed by atoms with Crippen molar-refractivity contribution >= 4 is 11.6 Å². The minimum absolute atomic E-state index is 0.896. The Morgan fingerprint density at radius 3 is 3.14 bits per heavy atom. The maximum Gasteiger partial charge on any atom is 0.130 e. The number of allylic oxidation sites excluding steroid dienone is 4. The van der Waals surface area contributed by atoms with Gasteiger partial charge in [-0.05, 0) is 30.9 Å². The molecule has 72 valence electrons. The van der Waals surface area contributed by atoms with E-state index in [9.17, 15) is 0 Å². The third-order valence-electron chi connectivity index (χ3n) is 2.37. The fourth-order valence-corrected chi connectivity index (χ4v) is 1.66. The topological polar surface area (TPSA) is 28.7 Å². The largest absolute Gasteiger partial charge is 0.339 e. The first kappa shape index (κ1) is 9.00. The van der Waals surface area contributed by atoms with Gasteiger partial charge < -0.3 is 4.98 Å². The van der Waals surface area contributed by atoms with Crippen LogP contribution in [0.3, 0.4) is 0 Å². The van der Waals surface area contributed by atoms with Gasteiger partial charge in [0.2, 0.25) is 0 Å². The highest BCUT2D eigenvalue weighted by atomic mass is 14.9. The van der Waals surface area contributed by atoms with Crippen LogP contribution in [-0.2, 0) is 0 Å². The molecular formula is C12H14N2. The maximum absolute atomic E-state index is 4.27. The van der Waals surface area contributed by atoms with Crippen molar-refractivity contribution in [3.63, 3.8) is 0 Å². The molecule has 0 spiro atoms. The van der Waals surface area contributed by atoms with E-state index in [2.05, 4.69) is 22.6 Å². The fraction of sp³-hybridized carbons (Fsp3) is 0.250. The van der Waals surface area contributed by atoms with E-state index < -0.39 is 0 Å². The molecule has 1 heterocycles. The van der Waals surface area contributed by atoms with Crippen LogP contribution in [0.5, 0.6) is 0 Å². The van der Waals surface area contributed by atoms with Gasteiger partial charge in [0, 0.05) is 0 Å². The third-order valence-corrected chi connectivity index (χ3v) is 2.37. The summed E-state index contributed by atoms with van der Waals surface area (Å²) in [6.07, 6.45) is 13.4. The molecule has 0 atom stereocenters. The predicted octanol–water partition coefficient (Wildman–Crippen LogP) is 3.18. The Morgan fingerprint density at radius 1 is 1.50 bits per heavy atom. The molecule has 2 nitrogen and oxygen atoms in total. The SMILES string of the molecule is C=C/C=C\c1ncc(C2=CCCC2)[nH]1. The summed E-state index contributed by atoms with van der Waals surface area (Å²) in [6.45, 7) is 3.62. The zero-order valence-electron chi connectivity index (χ0n) is 8.16. The molecule has 0 amide bonds. The van der Waals surface area contributed by atoms with Gasteiger partial charge in [0.25, 0.3) is 0 Å². The van der Waals surface area contributed by atoms with E-state index in [-0.39, 0.29) is 0 Å². The minimum Gasteiger partial charge on any atom is -0.339 e. The van der Waals surface area contributed by atoms with Gasteiger partial charge in [0.05, 0.1) is 11.9 Å². The molecule has 2 heteroatoms. The van der Waals surface area contributed by atoms with Crippen molar-refractivity contribution in [2.75, 3.05) is 0 Å². The summed E-state index contributed by atoms with van der Waals surface area (Å²) < 4.78 is 0. The maximum atomic E-state index is 4.27. The number of aromatic nitrogens is 2. The van der Waals surface area contributed by atoms with E-state index in [0.29, 0.717) is 0 Å². The van der Waals surface area contributed by atoms with Gasteiger partial charge >= 0.3 is 0 Å². The molecule has 1 N–H and O–H groups in total. The summed E-state index contributed by atoms with van der Waals surface area (Å²) in [5, 5.41) is 0. The highest BCUT2D eigenvalue weighted by Crippen LogP contribution is 2.26. The number of hydrogen-bond acceptors (Lipinski definition) is 1. The number of rotatable bonds is 3. The molecule has 1 aromatic heterocycles. The Labute approximate surface area is 84.1 Å². The molecule has 0 aliphatic heterocycles. The summed E-state index contributed by atoms with van der Waals surface area (Å²) in [6, 6.07) is 0. The van der Waals surface area contributed by atoms with Crippen molar-refractivity contribution in [2.45, 2.75) is 19.3 Å². The number of nitrogens with one attached hydrogen (secondary N) is 1. The highest BCUT2D eigenvalue weighted by Gasteiger charge is 2.08. The summed E-state index contributed by atoms with van der Waals surface area (Å²) in [4.78, 5) is 7.54. The first-order valence-electron chi connectivity index (χ1n) is 4.93. The first-order chi connectivity index (χ1) is 6.90. The lowest BCUT2D eigenvalue weighted by molar-refractivity contribution is 0.933. The second kappa shape index (κ2) is 4.09. The van der Waals surface area contributed by atoms with Crippen molar-refractivity contribution < 1.29 is 0 Å². The molecule has 1 aliphatic carbocycles. The molecule has 0 fully saturated rings. The Balaban J connectivity index is 2.16. The van der Waals surface area contributed by atoms with Gasteiger partial charge in [0.1, 0.15) is 5.82 Å². The first-order valence-corrected chi connectivity index (χ1v) is 4.93. The Morgan fingerprint density at radius 2 is 2.43 bits per heavy atom. The van der Waals surface area contributed by atoms with Crippen LogP contribution in [0.4, 0.5) is 0 Å². The second-order valence-corrected chi connectivity index (χ2v) is 3.40. The lowest BCUT2D eigenvalue weighted by Gasteiger charge is -1.94. The van der Waals surface area contributed by atoms with Gasteiger partial charge in [-0.1, -0.05) is 24.8 Å². The average molecular weight is 186 g/mol. The van der Waals surface area contributed by atoms with E-state index >= 15 is 0 Å². The number of hydrogen-bond donors (Lipinski definition) is 1. The molecule has 0 unspecified atom stereocenters. The van der Waals surface area contributed by atoms with Crippen molar-refractivity contribution in [1.29, 1.82) is 0 Å². The molecule has 1 aliphatic rings. The highest BCUT2D eigenvalue weighted by molar-refractivity contribution is 5.64. The van der Waals surface area contributed by atoms with Gasteiger partial charge in [-0.3, -0.25) is 0 Å². The van der Waals surface area contributed by atoms with E-state index in [0.717, 1.165) is 11.5 Å². The molecule has 14 heavy (non-hydrogen) atoms. The van der Waals surface area contributed by atoms with Gasteiger partial charge in [-0.2, -0.15) is 0 Å². The lowest BCUT2D eigenvalue weighted by Crippen LogP contribution is -1.80. The zero-order chi connectivity index (χ0) is 9.80. The van der Waals surface area contributed by atoms with Crippen LogP contribution in [0.2, 0.25) is 0 Å². The predicted molar refractivity (Wildman–Crippen MR) is 59.6 cm³/mol. The Bertz CT molecular complexity index is 383. The lowest BCUT2D eigenvalue weighted by atomic mass is 10.2.